The van der Waals surface area contributed by atoms with Crippen LogP contribution in [0, 0.1) is 0 Å². The predicted molar refractivity (Wildman–Crippen MR) is 73.6 cm³/mol. The fraction of sp³-hybridized carbons (Fsp3) is 0.417. The van der Waals surface area contributed by atoms with E-state index in [0.29, 0.717) is 11.4 Å². The lowest BCUT2D eigenvalue weighted by molar-refractivity contribution is -0.146. The van der Waals surface area contributed by atoms with Crippen molar-refractivity contribution in [1.82, 2.24) is 0 Å². The quantitative estimate of drug-likeness (QED) is 0.765. The first-order valence-corrected chi connectivity index (χ1v) is 7.33. The molecule has 0 bridgehead atoms. The van der Waals surface area contributed by atoms with Gasteiger partial charge in [-0.25, -0.2) is 0 Å². The standard InChI is InChI=1S/C12H14Cl2O2S/c1-8(2)16-12(15)11(17-14)7-9-3-5-10(13)6-4-9/h3-6,8,11H,7H2,1-2H3. The molecule has 2 nitrogen and oxygen atoms in total. The summed E-state index contributed by atoms with van der Waals surface area (Å²) in [7, 11) is 6.70. The number of hydrogen-bond acceptors (Lipinski definition) is 3. The van der Waals surface area contributed by atoms with E-state index >= 15 is 0 Å². The summed E-state index contributed by atoms with van der Waals surface area (Å²) in [5.74, 6) is -0.282. The average molecular weight is 293 g/mol. The molecule has 0 aliphatic carbocycles. The third-order valence-corrected chi connectivity index (χ3v) is 3.53. The largest absolute Gasteiger partial charge is 0.462 e. The number of rotatable bonds is 5. The molecule has 0 heterocycles. The van der Waals surface area contributed by atoms with Crippen LogP contribution in [0.5, 0.6) is 0 Å². The Morgan fingerprint density at radius 2 is 1.94 bits per heavy atom. The molecule has 0 N–H and O–H groups in total. The molecule has 0 fully saturated rings. The van der Waals surface area contributed by atoms with E-state index in [4.69, 9.17) is 27.0 Å². The van der Waals surface area contributed by atoms with Gasteiger partial charge in [-0.3, -0.25) is 4.79 Å². The van der Waals surface area contributed by atoms with Crippen LogP contribution < -0.4 is 0 Å². The van der Waals surface area contributed by atoms with E-state index in [2.05, 4.69) is 0 Å². The molecule has 0 radical (unpaired) electrons. The second kappa shape index (κ2) is 7.14. The van der Waals surface area contributed by atoms with Gasteiger partial charge in [-0.2, -0.15) is 0 Å². The Kier molecular flexibility index (Phi) is 6.17. The number of benzene rings is 1. The van der Waals surface area contributed by atoms with Gasteiger partial charge < -0.3 is 4.74 Å². The summed E-state index contributed by atoms with van der Waals surface area (Å²) in [6.45, 7) is 3.63. The van der Waals surface area contributed by atoms with Gasteiger partial charge in [0.25, 0.3) is 0 Å². The third kappa shape index (κ3) is 5.19. The average Bonchev–Trinajstić information content (AvgIpc) is 2.27. The number of ether oxygens (including phenoxy) is 1. The van der Waals surface area contributed by atoms with Crippen molar-refractivity contribution in [2.75, 3.05) is 0 Å². The zero-order valence-corrected chi connectivity index (χ0v) is 12.0. The van der Waals surface area contributed by atoms with Gasteiger partial charge in [0.15, 0.2) is 0 Å². The van der Waals surface area contributed by atoms with Crippen molar-refractivity contribution in [3.8, 4) is 0 Å². The maximum atomic E-state index is 11.7. The Balaban J connectivity index is 2.63. The molecule has 94 valence electrons. The smallest absolute Gasteiger partial charge is 0.320 e. The van der Waals surface area contributed by atoms with Gasteiger partial charge in [-0.05, 0) is 59.6 Å². The topological polar surface area (TPSA) is 26.3 Å². The third-order valence-electron chi connectivity index (χ3n) is 2.06. The van der Waals surface area contributed by atoms with Gasteiger partial charge >= 0.3 is 5.97 Å². The maximum Gasteiger partial charge on any atom is 0.320 e. The van der Waals surface area contributed by atoms with Crippen LogP contribution in [-0.4, -0.2) is 17.3 Å². The molecule has 1 aromatic carbocycles. The van der Waals surface area contributed by atoms with Crippen LogP contribution in [0.1, 0.15) is 19.4 Å². The summed E-state index contributed by atoms with van der Waals surface area (Å²) >= 11 is 5.79. The van der Waals surface area contributed by atoms with Crippen molar-refractivity contribution in [2.24, 2.45) is 0 Å². The minimum atomic E-state index is -0.389. The van der Waals surface area contributed by atoms with Crippen LogP contribution >= 0.6 is 33.3 Å². The summed E-state index contributed by atoms with van der Waals surface area (Å²) in [6.07, 6.45) is 0.413. The lowest BCUT2D eigenvalue weighted by Crippen LogP contribution is -2.24. The Morgan fingerprint density at radius 3 is 2.41 bits per heavy atom. The lowest BCUT2D eigenvalue weighted by Gasteiger charge is -2.14. The number of hydrogen-bond donors (Lipinski definition) is 0. The van der Waals surface area contributed by atoms with Crippen LogP contribution in [0.15, 0.2) is 24.3 Å². The molecule has 1 unspecified atom stereocenters. The highest BCUT2D eigenvalue weighted by atomic mass is 35.7. The highest BCUT2D eigenvalue weighted by Crippen LogP contribution is 2.22. The van der Waals surface area contributed by atoms with Gasteiger partial charge in [0, 0.05) is 5.02 Å². The first kappa shape index (κ1) is 14.7. The minimum absolute atomic E-state index is 0.126. The van der Waals surface area contributed by atoms with Crippen LogP contribution in [0.25, 0.3) is 0 Å². The zero-order chi connectivity index (χ0) is 12.8. The summed E-state index contributed by atoms with van der Waals surface area (Å²) in [5.41, 5.74) is 1.01. The van der Waals surface area contributed by atoms with Gasteiger partial charge in [0.2, 0.25) is 0 Å². The second-order valence-electron chi connectivity index (χ2n) is 3.89. The molecule has 1 rings (SSSR count). The molecule has 0 aromatic heterocycles. The highest BCUT2D eigenvalue weighted by Gasteiger charge is 2.21. The van der Waals surface area contributed by atoms with E-state index in [1.807, 2.05) is 26.0 Å². The van der Waals surface area contributed by atoms with E-state index in [1.54, 1.807) is 12.1 Å². The van der Waals surface area contributed by atoms with Crippen molar-refractivity contribution in [2.45, 2.75) is 31.6 Å². The Labute approximate surface area is 115 Å². The Hall–Kier alpha value is -0.380. The van der Waals surface area contributed by atoms with Gasteiger partial charge in [0.1, 0.15) is 5.25 Å². The van der Waals surface area contributed by atoms with Crippen LogP contribution in [0.2, 0.25) is 5.02 Å². The SMILES string of the molecule is CC(C)OC(=O)C(Cc1ccc(Cl)cc1)SCl. The molecule has 1 atom stereocenters. The van der Waals surface area contributed by atoms with E-state index in [-0.39, 0.29) is 17.3 Å². The number of carbonyl (C=O) groups is 1. The molecule has 0 amide bonds. The van der Waals surface area contributed by atoms with E-state index in [9.17, 15) is 4.79 Å². The monoisotopic (exact) mass is 292 g/mol. The molecular formula is C12H14Cl2O2S. The Bertz CT molecular complexity index is 365. The van der Waals surface area contributed by atoms with Crippen LogP contribution in [0.3, 0.4) is 0 Å². The molecule has 0 aliphatic heterocycles. The maximum absolute atomic E-state index is 11.7. The number of halogens is 2. The van der Waals surface area contributed by atoms with Crippen molar-refractivity contribution < 1.29 is 9.53 Å². The molecule has 0 saturated carbocycles. The molecule has 0 aliphatic rings. The molecule has 5 heteroatoms. The molecular weight excluding hydrogens is 279 g/mol. The van der Waals surface area contributed by atoms with Crippen molar-refractivity contribution in [1.29, 1.82) is 0 Å². The lowest BCUT2D eigenvalue weighted by atomic mass is 10.1. The Morgan fingerprint density at radius 1 is 1.35 bits per heavy atom. The van der Waals surface area contributed by atoms with Crippen LogP contribution in [0.4, 0.5) is 0 Å². The summed E-state index contributed by atoms with van der Waals surface area (Å²) in [4.78, 5) is 11.7. The van der Waals surface area contributed by atoms with E-state index in [0.717, 1.165) is 16.5 Å². The molecule has 0 spiro atoms. The summed E-state index contributed by atoms with van der Waals surface area (Å²) < 4.78 is 5.13. The van der Waals surface area contributed by atoms with Crippen molar-refractivity contribution in [3.63, 3.8) is 0 Å². The molecule has 17 heavy (non-hydrogen) atoms. The summed E-state index contributed by atoms with van der Waals surface area (Å²) in [5, 5.41) is 0.286. The van der Waals surface area contributed by atoms with Crippen LogP contribution in [-0.2, 0) is 16.0 Å². The van der Waals surface area contributed by atoms with Gasteiger partial charge in [0.05, 0.1) is 6.10 Å². The first-order chi connectivity index (χ1) is 8.02. The fourth-order valence-corrected chi connectivity index (χ4v) is 2.21. The minimum Gasteiger partial charge on any atom is -0.462 e. The first-order valence-electron chi connectivity index (χ1n) is 5.25. The molecule has 1 aromatic rings. The number of carbonyl (C=O) groups excluding carboxylic acids is 1. The van der Waals surface area contributed by atoms with Gasteiger partial charge in [-0.1, -0.05) is 23.7 Å². The van der Waals surface area contributed by atoms with Crippen molar-refractivity contribution >= 4 is 39.2 Å². The van der Waals surface area contributed by atoms with Crippen molar-refractivity contribution in [3.05, 3.63) is 34.9 Å². The van der Waals surface area contributed by atoms with E-state index < -0.39 is 0 Å². The normalized spacial score (nSPS) is 12.5. The summed E-state index contributed by atoms with van der Waals surface area (Å²) in [6, 6.07) is 7.34. The number of esters is 1. The second-order valence-corrected chi connectivity index (χ2v) is 5.61. The highest BCUT2D eigenvalue weighted by molar-refractivity contribution is 8.22. The fourth-order valence-electron chi connectivity index (χ4n) is 1.29. The van der Waals surface area contributed by atoms with E-state index in [1.165, 1.54) is 0 Å². The molecule has 0 saturated heterocycles. The van der Waals surface area contributed by atoms with Gasteiger partial charge in [-0.15, -0.1) is 0 Å². The zero-order valence-electron chi connectivity index (χ0n) is 9.65. The predicted octanol–water partition coefficient (Wildman–Crippen LogP) is 4.09.